The molecule has 0 amide bonds. The summed E-state index contributed by atoms with van der Waals surface area (Å²) in [6, 6.07) is 4.60. The van der Waals surface area contributed by atoms with Gasteiger partial charge in [-0.15, -0.1) is 0 Å². The first-order chi connectivity index (χ1) is 7.61. The van der Waals surface area contributed by atoms with E-state index in [1.807, 2.05) is 6.92 Å². The predicted molar refractivity (Wildman–Crippen MR) is 61.6 cm³/mol. The Balaban J connectivity index is 2.71. The van der Waals surface area contributed by atoms with Gasteiger partial charge in [0.25, 0.3) is 0 Å². The highest BCUT2D eigenvalue weighted by molar-refractivity contribution is 5.93. The SMILES string of the molecule is COCc1cc(N)c2c(C)cc(F)cc2n1. The number of aryl methyl sites for hydroxylation is 1. The van der Waals surface area contributed by atoms with Crippen LogP contribution >= 0.6 is 0 Å². The Morgan fingerprint density at radius 2 is 2.12 bits per heavy atom. The number of nitrogen functional groups attached to an aromatic ring is 1. The summed E-state index contributed by atoms with van der Waals surface area (Å²) in [5, 5.41) is 0.807. The number of anilines is 1. The maximum absolute atomic E-state index is 13.2. The molecule has 16 heavy (non-hydrogen) atoms. The lowest BCUT2D eigenvalue weighted by molar-refractivity contribution is 0.182. The second-order valence-corrected chi connectivity index (χ2v) is 3.75. The largest absolute Gasteiger partial charge is 0.398 e. The van der Waals surface area contributed by atoms with Crippen LogP contribution in [0.1, 0.15) is 11.3 Å². The molecule has 0 aliphatic rings. The number of nitrogens with zero attached hydrogens (tertiary/aromatic N) is 1. The van der Waals surface area contributed by atoms with Crippen molar-refractivity contribution in [2.75, 3.05) is 12.8 Å². The van der Waals surface area contributed by atoms with Crippen LogP contribution in [0.15, 0.2) is 18.2 Å². The van der Waals surface area contributed by atoms with Crippen LogP contribution in [0.2, 0.25) is 0 Å². The van der Waals surface area contributed by atoms with Gasteiger partial charge in [0.05, 0.1) is 17.8 Å². The van der Waals surface area contributed by atoms with Gasteiger partial charge in [-0.2, -0.15) is 0 Å². The van der Waals surface area contributed by atoms with Crippen molar-refractivity contribution in [2.24, 2.45) is 0 Å². The molecule has 0 unspecified atom stereocenters. The van der Waals surface area contributed by atoms with Crippen molar-refractivity contribution >= 4 is 16.6 Å². The fourth-order valence-electron chi connectivity index (χ4n) is 1.85. The first-order valence-electron chi connectivity index (χ1n) is 4.96. The summed E-state index contributed by atoms with van der Waals surface area (Å²) in [6.07, 6.45) is 0. The van der Waals surface area contributed by atoms with E-state index >= 15 is 0 Å². The van der Waals surface area contributed by atoms with E-state index in [0.29, 0.717) is 23.5 Å². The Kier molecular flexibility index (Phi) is 2.75. The summed E-state index contributed by atoms with van der Waals surface area (Å²) in [5.74, 6) is -0.300. The van der Waals surface area contributed by atoms with Crippen LogP contribution in [0.4, 0.5) is 10.1 Å². The van der Waals surface area contributed by atoms with Crippen LogP contribution in [0.5, 0.6) is 0 Å². The average molecular weight is 220 g/mol. The molecule has 0 saturated heterocycles. The Labute approximate surface area is 93.0 Å². The fraction of sp³-hybridized carbons (Fsp3) is 0.250. The Morgan fingerprint density at radius 1 is 1.38 bits per heavy atom. The summed E-state index contributed by atoms with van der Waals surface area (Å²) in [5.41, 5.74) is 8.60. The lowest BCUT2D eigenvalue weighted by Gasteiger charge is -2.08. The number of hydrogen-bond donors (Lipinski definition) is 1. The van der Waals surface area contributed by atoms with Gasteiger partial charge < -0.3 is 10.5 Å². The van der Waals surface area contributed by atoms with Crippen LogP contribution in [0.3, 0.4) is 0 Å². The third-order valence-electron chi connectivity index (χ3n) is 2.45. The highest BCUT2D eigenvalue weighted by atomic mass is 19.1. The molecule has 2 aromatic rings. The molecule has 0 radical (unpaired) electrons. The van der Waals surface area contributed by atoms with Gasteiger partial charge in [0, 0.05) is 24.2 Å². The van der Waals surface area contributed by atoms with Crippen LogP contribution < -0.4 is 5.73 Å². The number of halogens is 1. The number of pyridine rings is 1. The van der Waals surface area contributed by atoms with Gasteiger partial charge in [-0.25, -0.2) is 4.39 Å². The van der Waals surface area contributed by atoms with Gasteiger partial charge in [-0.1, -0.05) is 0 Å². The standard InChI is InChI=1S/C12H13FN2O/c1-7-3-8(13)4-11-12(7)10(14)5-9(15-11)6-16-2/h3-5H,6H2,1-2H3,(H2,14,15). The zero-order chi connectivity index (χ0) is 11.7. The van der Waals surface area contributed by atoms with E-state index in [-0.39, 0.29) is 5.82 Å². The number of rotatable bonds is 2. The van der Waals surface area contributed by atoms with E-state index in [9.17, 15) is 4.39 Å². The van der Waals surface area contributed by atoms with Gasteiger partial charge in [0.1, 0.15) is 5.82 Å². The van der Waals surface area contributed by atoms with E-state index in [1.165, 1.54) is 12.1 Å². The second kappa shape index (κ2) is 4.06. The van der Waals surface area contributed by atoms with Gasteiger partial charge >= 0.3 is 0 Å². The molecule has 0 aliphatic carbocycles. The molecule has 0 atom stereocenters. The molecule has 3 nitrogen and oxygen atoms in total. The Bertz CT molecular complexity index is 540. The third-order valence-corrected chi connectivity index (χ3v) is 2.45. The van der Waals surface area contributed by atoms with E-state index in [4.69, 9.17) is 10.5 Å². The molecule has 84 valence electrons. The summed E-state index contributed by atoms with van der Waals surface area (Å²) >= 11 is 0. The molecule has 0 bridgehead atoms. The number of ether oxygens (including phenoxy) is 1. The normalized spacial score (nSPS) is 10.9. The first kappa shape index (κ1) is 10.8. The van der Waals surface area contributed by atoms with Crippen molar-refractivity contribution in [1.29, 1.82) is 0 Å². The number of aromatic nitrogens is 1. The minimum absolute atomic E-state index is 0.300. The van der Waals surface area contributed by atoms with E-state index in [2.05, 4.69) is 4.98 Å². The van der Waals surface area contributed by atoms with Crippen molar-refractivity contribution in [1.82, 2.24) is 4.98 Å². The van der Waals surface area contributed by atoms with Crippen molar-refractivity contribution in [3.05, 3.63) is 35.3 Å². The summed E-state index contributed by atoms with van der Waals surface area (Å²) in [7, 11) is 1.58. The zero-order valence-corrected chi connectivity index (χ0v) is 9.25. The maximum atomic E-state index is 13.2. The molecule has 0 saturated carbocycles. The highest BCUT2D eigenvalue weighted by Gasteiger charge is 2.07. The summed E-state index contributed by atoms with van der Waals surface area (Å²) in [4.78, 5) is 4.30. The number of fused-ring (bicyclic) bond motifs is 1. The van der Waals surface area contributed by atoms with E-state index < -0.39 is 0 Å². The summed E-state index contributed by atoms with van der Waals surface area (Å²) in [6.45, 7) is 2.19. The number of hydrogen-bond acceptors (Lipinski definition) is 3. The lowest BCUT2D eigenvalue weighted by Crippen LogP contribution is -1.99. The molecule has 4 heteroatoms. The molecule has 0 fully saturated rings. The lowest BCUT2D eigenvalue weighted by atomic mass is 10.1. The molecular weight excluding hydrogens is 207 g/mol. The maximum Gasteiger partial charge on any atom is 0.125 e. The molecular formula is C12H13FN2O. The van der Waals surface area contributed by atoms with Crippen molar-refractivity contribution < 1.29 is 9.13 Å². The average Bonchev–Trinajstić information content (AvgIpc) is 2.15. The molecule has 2 rings (SSSR count). The van der Waals surface area contributed by atoms with Gasteiger partial charge in [0.2, 0.25) is 0 Å². The second-order valence-electron chi connectivity index (χ2n) is 3.75. The Hall–Kier alpha value is -1.68. The third kappa shape index (κ3) is 1.84. The Morgan fingerprint density at radius 3 is 2.81 bits per heavy atom. The smallest absolute Gasteiger partial charge is 0.125 e. The van der Waals surface area contributed by atoms with Gasteiger partial charge in [-0.3, -0.25) is 4.98 Å². The van der Waals surface area contributed by atoms with Crippen LogP contribution in [0, 0.1) is 12.7 Å². The molecule has 2 N–H and O–H groups in total. The van der Waals surface area contributed by atoms with Gasteiger partial charge in [0.15, 0.2) is 0 Å². The minimum atomic E-state index is -0.300. The van der Waals surface area contributed by atoms with Crippen LogP contribution in [-0.2, 0) is 11.3 Å². The van der Waals surface area contributed by atoms with E-state index in [0.717, 1.165) is 10.9 Å². The van der Waals surface area contributed by atoms with Crippen molar-refractivity contribution in [3.8, 4) is 0 Å². The molecule has 0 spiro atoms. The molecule has 1 aromatic carbocycles. The summed E-state index contributed by atoms with van der Waals surface area (Å²) < 4.78 is 18.2. The van der Waals surface area contributed by atoms with Crippen LogP contribution in [0.25, 0.3) is 10.9 Å². The topological polar surface area (TPSA) is 48.1 Å². The molecule has 0 aliphatic heterocycles. The first-order valence-corrected chi connectivity index (χ1v) is 4.96. The number of nitrogens with two attached hydrogens (primary N) is 1. The van der Waals surface area contributed by atoms with Crippen molar-refractivity contribution in [2.45, 2.75) is 13.5 Å². The van der Waals surface area contributed by atoms with E-state index in [1.54, 1.807) is 13.2 Å². The molecule has 1 aromatic heterocycles. The van der Waals surface area contributed by atoms with Crippen LogP contribution in [-0.4, -0.2) is 12.1 Å². The number of methoxy groups -OCH3 is 1. The fourth-order valence-corrected chi connectivity index (χ4v) is 1.85. The van der Waals surface area contributed by atoms with Gasteiger partial charge in [-0.05, 0) is 24.6 Å². The quantitative estimate of drug-likeness (QED) is 0.845. The zero-order valence-electron chi connectivity index (χ0n) is 9.25. The predicted octanol–water partition coefficient (Wildman–Crippen LogP) is 2.41. The highest BCUT2D eigenvalue weighted by Crippen LogP contribution is 2.25. The van der Waals surface area contributed by atoms with Crippen molar-refractivity contribution in [3.63, 3.8) is 0 Å². The number of benzene rings is 1. The minimum Gasteiger partial charge on any atom is -0.398 e. The molecule has 1 heterocycles. The monoisotopic (exact) mass is 220 g/mol.